The Balaban J connectivity index is 1.10. The van der Waals surface area contributed by atoms with Crippen molar-refractivity contribution in [3.8, 4) is 0 Å². The van der Waals surface area contributed by atoms with E-state index >= 15 is 0 Å². The van der Waals surface area contributed by atoms with Gasteiger partial charge >= 0.3 is 0 Å². The van der Waals surface area contributed by atoms with Gasteiger partial charge in [0.1, 0.15) is 0 Å². The Labute approximate surface area is 230 Å². The number of rotatable bonds is 8. The number of aliphatic hydroxyl groups is 2. The lowest BCUT2D eigenvalue weighted by molar-refractivity contribution is -0.132. The van der Waals surface area contributed by atoms with Crippen LogP contribution in [0.1, 0.15) is 47.2 Å². The summed E-state index contributed by atoms with van der Waals surface area (Å²) in [5.41, 5.74) is 5.58. The fraction of sp³-hybridized carbons (Fsp3) is 0.375. The van der Waals surface area contributed by atoms with Crippen LogP contribution in [-0.2, 0) is 17.6 Å². The van der Waals surface area contributed by atoms with Crippen LogP contribution in [0.5, 0.6) is 0 Å². The number of piperidine rings is 2. The van der Waals surface area contributed by atoms with Crippen LogP contribution < -0.4 is 10.2 Å². The minimum absolute atomic E-state index is 0.0854. The number of amides is 1. The molecule has 0 bridgehead atoms. The average molecular weight is 528 g/mol. The summed E-state index contributed by atoms with van der Waals surface area (Å²) < 4.78 is 0. The molecule has 2 heterocycles. The molecule has 204 valence electrons. The first kappa shape index (κ1) is 26.9. The molecule has 0 aliphatic carbocycles. The van der Waals surface area contributed by atoms with Crippen molar-refractivity contribution in [3.05, 3.63) is 89.5 Å². The van der Waals surface area contributed by atoms with Gasteiger partial charge in [-0.3, -0.25) is 9.59 Å². The SMILES string of the molecule is O=C(Cc1ccc(Nc2ccc(CC(=O)N3CCC(O)CC3)cc2)cc1)c1ccc(N2CCC(O)CC2)cc1. The minimum Gasteiger partial charge on any atom is -0.393 e. The summed E-state index contributed by atoms with van der Waals surface area (Å²) >= 11 is 0. The quantitative estimate of drug-likeness (QED) is 0.378. The highest BCUT2D eigenvalue weighted by molar-refractivity contribution is 5.97. The summed E-state index contributed by atoms with van der Waals surface area (Å²) in [4.78, 5) is 29.5. The summed E-state index contributed by atoms with van der Waals surface area (Å²) in [6.45, 7) is 2.92. The summed E-state index contributed by atoms with van der Waals surface area (Å²) in [7, 11) is 0. The number of hydrogen-bond acceptors (Lipinski definition) is 6. The molecule has 1 amide bonds. The van der Waals surface area contributed by atoms with E-state index in [4.69, 9.17) is 0 Å². The van der Waals surface area contributed by atoms with E-state index in [1.54, 1.807) is 0 Å². The Hall–Kier alpha value is -3.68. The van der Waals surface area contributed by atoms with Gasteiger partial charge in [-0.25, -0.2) is 0 Å². The number of Topliss-reactive ketones (excluding diaryl/α,β-unsaturated/α-hetero) is 1. The molecule has 0 radical (unpaired) electrons. The lowest BCUT2D eigenvalue weighted by Crippen LogP contribution is -2.40. The molecular weight excluding hydrogens is 490 g/mol. The number of nitrogens with one attached hydrogen (secondary N) is 1. The lowest BCUT2D eigenvalue weighted by Gasteiger charge is -2.31. The maximum absolute atomic E-state index is 12.8. The molecule has 0 unspecified atom stereocenters. The van der Waals surface area contributed by atoms with Crippen molar-refractivity contribution >= 4 is 28.8 Å². The molecule has 3 aromatic rings. The number of benzene rings is 3. The molecule has 3 aromatic carbocycles. The topological polar surface area (TPSA) is 93.1 Å². The van der Waals surface area contributed by atoms with E-state index in [1.165, 1.54) is 0 Å². The van der Waals surface area contributed by atoms with Gasteiger partial charge in [0.25, 0.3) is 0 Å². The predicted octanol–water partition coefficient (Wildman–Crippen LogP) is 4.34. The van der Waals surface area contributed by atoms with Gasteiger partial charge in [0.2, 0.25) is 5.91 Å². The zero-order valence-corrected chi connectivity index (χ0v) is 22.3. The Morgan fingerprint density at radius 2 is 1.15 bits per heavy atom. The van der Waals surface area contributed by atoms with Crippen molar-refractivity contribution in [2.75, 3.05) is 36.4 Å². The van der Waals surface area contributed by atoms with E-state index in [0.717, 1.165) is 54.1 Å². The van der Waals surface area contributed by atoms with Gasteiger partial charge in [0.05, 0.1) is 18.6 Å². The molecular formula is C32H37N3O4. The maximum atomic E-state index is 12.8. The molecule has 2 saturated heterocycles. The Kier molecular flexibility index (Phi) is 8.59. The van der Waals surface area contributed by atoms with E-state index in [-0.39, 0.29) is 23.9 Å². The first-order chi connectivity index (χ1) is 18.9. The molecule has 2 aliphatic heterocycles. The lowest BCUT2D eigenvalue weighted by atomic mass is 10.0. The van der Waals surface area contributed by atoms with Crippen molar-refractivity contribution in [2.45, 2.75) is 50.7 Å². The van der Waals surface area contributed by atoms with Crippen LogP contribution in [0.3, 0.4) is 0 Å². The maximum Gasteiger partial charge on any atom is 0.226 e. The summed E-state index contributed by atoms with van der Waals surface area (Å²) in [6, 6.07) is 23.5. The highest BCUT2D eigenvalue weighted by atomic mass is 16.3. The Morgan fingerprint density at radius 3 is 1.69 bits per heavy atom. The van der Waals surface area contributed by atoms with Crippen molar-refractivity contribution in [1.82, 2.24) is 4.90 Å². The van der Waals surface area contributed by atoms with Gasteiger partial charge in [-0.1, -0.05) is 24.3 Å². The zero-order valence-electron chi connectivity index (χ0n) is 22.3. The number of anilines is 3. The van der Waals surface area contributed by atoms with Crippen LogP contribution in [0.2, 0.25) is 0 Å². The standard InChI is InChI=1S/C32H37N3O4/c36-29-13-17-34(18-14-29)28-11-5-25(6-12-28)31(38)21-23-1-7-26(8-2-23)33-27-9-3-24(4-10-27)22-32(39)35-19-15-30(37)16-20-35/h1-12,29-30,33,36-37H,13-22H2. The molecule has 0 atom stereocenters. The third-order valence-corrected chi connectivity index (χ3v) is 7.75. The number of likely N-dealkylation sites (tertiary alicyclic amines) is 1. The van der Waals surface area contributed by atoms with Crippen molar-refractivity contribution in [1.29, 1.82) is 0 Å². The van der Waals surface area contributed by atoms with Gasteiger partial charge in [0, 0.05) is 55.2 Å². The van der Waals surface area contributed by atoms with Crippen LogP contribution in [0.4, 0.5) is 17.1 Å². The van der Waals surface area contributed by atoms with Crippen LogP contribution in [0.15, 0.2) is 72.8 Å². The number of ketones is 1. The largest absolute Gasteiger partial charge is 0.393 e. The number of carbonyl (C=O) groups is 2. The molecule has 0 saturated carbocycles. The molecule has 2 fully saturated rings. The average Bonchev–Trinajstić information content (AvgIpc) is 2.96. The summed E-state index contributed by atoms with van der Waals surface area (Å²) in [6.07, 6.45) is 3.09. The second-order valence-electron chi connectivity index (χ2n) is 10.7. The molecule has 0 aromatic heterocycles. The first-order valence-electron chi connectivity index (χ1n) is 13.9. The van der Waals surface area contributed by atoms with E-state index in [1.807, 2.05) is 77.7 Å². The third kappa shape index (κ3) is 7.25. The van der Waals surface area contributed by atoms with E-state index in [2.05, 4.69) is 10.2 Å². The van der Waals surface area contributed by atoms with Crippen LogP contribution >= 0.6 is 0 Å². The second-order valence-corrected chi connectivity index (χ2v) is 10.7. The van der Waals surface area contributed by atoms with Gasteiger partial charge in [0.15, 0.2) is 5.78 Å². The first-order valence-corrected chi connectivity index (χ1v) is 13.9. The fourth-order valence-corrected chi connectivity index (χ4v) is 5.25. The molecule has 7 heteroatoms. The highest BCUT2D eigenvalue weighted by Gasteiger charge is 2.21. The van der Waals surface area contributed by atoms with Crippen LogP contribution in [0.25, 0.3) is 0 Å². The monoisotopic (exact) mass is 527 g/mol. The van der Waals surface area contributed by atoms with Gasteiger partial charge in [-0.05, 0) is 85.3 Å². The predicted molar refractivity (Wildman–Crippen MR) is 154 cm³/mol. The highest BCUT2D eigenvalue weighted by Crippen LogP contribution is 2.22. The number of hydrogen-bond donors (Lipinski definition) is 3. The van der Waals surface area contributed by atoms with Crippen LogP contribution in [0, 0.1) is 0 Å². The molecule has 5 rings (SSSR count). The van der Waals surface area contributed by atoms with E-state index in [0.29, 0.717) is 44.3 Å². The third-order valence-electron chi connectivity index (χ3n) is 7.75. The fourth-order valence-electron chi connectivity index (χ4n) is 5.25. The molecule has 7 nitrogen and oxygen atoms in total. The summed E-state index contributed by atoms with van der Waals surface area (Å²) in [5.74, 6) is 0.189. The molecule has 0 spiro atoms. The zero-order chi connectivity index (χ0) is 27.2. The normalized spacial score (nSPS) is 16.8. The molecule has 3 N–H and O–H groups in total. The Bertz CT molecular complexity index is 1240. The van der Waals surface area contributed by atoms with Gasteiger partial charge in [-0.15, -0.1) is 0 Å². The van der Waals surface area contributed by atoms with Crippen molar-refractivity contribution < 1.29 is 19.8 Å². The second kappa shape index (κ2) is 12.5. The van der Waals surface area contributed by atoms with E-state index in [9.17, 15) is 19.8 Å². The smallest absolute Gasteiger partial charge is 0.226 e. The van der Waals surface area contributed by atoms with Crippen molar-refractivity contribution in [3.63, 3.8) is 0 Å². The Morgan fingerprint density at radius 1 is 0.667 bits per heavy atom. The van der Waals surface area contributed by atoms with Crippen molar-refractivity contribution in [2.24, 2.45) is 0 Å². The number of nitrogens with zero attached hydrogens (tertiary/aromatic N) is 2. The molecule has 2 aliphatic rings. The van der Waals surface area contributed by atoms with Crippen LogP contribution in [-0.4, -0.2) is 65.2 Å². The summed E-state index contributed by atoms with van der Waals surface area (Å²) in [5, 5.41) is 22.7. The van der Waals surface area contributed by atoms with Gasteiger partial charge in [-0.2, -0.15) is 0 Å². The number of carbonyl (C=O) groups excluding carboxylic acids is 2. The minimum atomic E-state index is -0.284. The van der Waals surface area contributed by atoms with Gasteiger partial charge < -0.3 is 25.3 Å². The van der Waals surface area contributed by atoms with E-state index < -0.39 is 0 Å². The number of aliphatic hydroxyl groups excluding tert-OH is 2. The molecule has 39 heavy (non-hydrogen) atoms.